The fraction of sp³-hybridized carbons (Fsp3) is 0.440. The van der Waals surface area contributed by atoms with Crippen molar-refractivity contribution in [2.24, 2.45) is 0 Å². The molecule has 2 saturated heterocycles. The van der Waals surface area contributed by atoms with Crippen LogP contribution in [-0.2, 0) is 22.3 Å². The summed E-state index contributed by atoms with van der Waals surface area (Å²) >= 11 is 0. The van der Waals surface area contributed by atoms with Crippen LogP contribution < -0.4 is 9.47 Å². The molecule has 2 aromatic rings. The molecule has 1 amide bonds. The number of ether oxygens (including phenoxy) is 4. The summed E-state index contributed by atoms with van der Waals surface area (Å²) in [5, 5.41) is 9.53. The number of fused-ring (bicyclic) bond motifs is 1. The Morgan fingerprint density at radius 2 is 2.09 bits per heavy atom. The summed E-state index contributed by atoms with van der Waals surface area (Å²) in [4.78, 5) is 24.1. The summed E-state index contributed by atoms with van der Waals surface area (Å²) in [5.74, 6) is 1.57. The number of carbonyl (C=O) groups is 1. The number of allylic oxidation sites excluding steroid dienone is 2. The normalized spacial score (nSPS) is 19.4. The fourth-order valence-corrected chi connectivity index (χ4v) is 4.42. The number of carbonyl (C=O) groups excluding carboxylic acids is 1. The van der Waals surface area contributed by atoms with Gasteiger partial charge in [-0.2, -0.15) is 10.2 Å². The Bertz CT molecular complexity index is 1160. The molecule has 0 bridgehead atoms. The Hall–Kier alpha value is -3.48. The lowest BCUT2D eigenvalue weighted by Gasteiger charge is -2.27. The SMILES string of the molecule is COc1cc(C(=O)N2CCOCC2)ccc1Cc1nc2c(c(O[C@@H]3CCOC3)n1)C(C#N)=CC2. The van der Waals surface area contributed by atoms with Crippen LogP contribution in [0.5, 0.6) is 11.6 Å². The highest BCUT2D eigenvalue weighted by Crippen LogP contribution is 2.34. The van der Waals surface area contributed by atoms with Crippen molar-refractivity contribution in [3.8, 4) is 17.7 Å². The van der Waals surface area contributed by atoms with E-state index in [4.69, 9.17) is 23.9 Å². The first-order chi connectivity index (χ1) is 16.7. The van der Waals surface area contributed by atoms with Crippen LogP contribution in [0, 0.1) is 11.3 Å². The number of rotatable bonds is 6. The first kappa shape index (κ1) is 22.3. The molecule has 176 valence electrons. The summed E-state index contributed by atoms with van der Waals surface area (Å²) < 4.78 is 22.5. The molecule has 3 heterocycles. The summed E-state index contributed by atoms with van der Waals surface area (Å²) in [6.07, 6.45) is 3.52. The van der Waals surface area contributed by atoms with E-state index in [1.807, 2.05) is 18.2 Å². The van der Waals surface area contributed by atoms with Gasteiger partial charge in [0.1, 0.15) is 17.7 Å². The Labute approximate surface area is 197 Å². The molecule has 0 unspecified atom stereocenters. The highest BCUT2D eigenvalue weighted by atomic mass is 16.5. The highest BCUT2D eigenvalue weighted by Gasteiger charge is 2.27. The average Bonchev–Trinajstić information content (AvgIpc) is 3.54. The molecular formula is C25H26N4O5. The Balaban J connectivity index is 1.41. The third-order valence-electron chi connectivity index (χ3n) is 6.23. The van der Waals surface area contributed by atoms with Gasteiger partial charge in [0.05, 0.1) is 56.4 Å². The molecule has 2 fully saturated rings. The molecule has 1 aromatic carbocycles. The maximum atomic E-state index is 12.9. The number of hydrogen-bond donors (Lipinski definition) is 0. The van der Waals surface area contributed by atoms with Gasteiger partial charge in [-0.25, -0.2) is 4.98 Å². The number of amides is 1. The second-order valence-corrected chi connectivity index (χ2v) is 8.41. The smallest absolute Gasteiger partial charge is 0.254 e. The van der Waals surface area contributed by atoms with E-state index < -0.39 is 0 Å². The first-order valence-corrected chi connectivity index (χ1v) is 11.4. The predicted octanol–water partition coefficient (Wildman–Crippen LogP) is 2.18. The van der Waals surface area contributed by atoms with Gasteiger partial charge in [-0.05, 0) is 12.1 Å². The number of benzene rings is 1. The van der Waals surface area contributed by atoms with Crippen molar-refractivity contribution in [3.05, 3.63) is 52.5 Å². The van der Waals surface area contributed by atoms with Gasteiger partial charge in [-0.15, -0.1) is 0 Å². The van der Waals surface area contributed by atoms with E-state index in [-0.39, 0.29) is 12.0 Å². The van der Waals surface area contributed by atoms with Crippen molar-refractivity contribution < 1.29 is 23.7 Å². The molecular weight excluding hydrogens is 436 g/mol. The molecule has 0 radical (unpaired) electrons. The Morgan fingerprint density at radius 1 is 1.24 bits per heavy atom. The molecule has 2 aliphatic heterocycles. The van der Waals surface area contributed by atoms with Crippen LogP contribution >= 0.6 is 0 Å². The van der Waals surface area contributed by atoms with E-state index in [9.17, 15) is 10.1 Å². The van der Waals surface area contributed by atoms with Gasteiger partial charge < -0.3 is 23.8 Å². The number of hydrogen-bond acceptors (Lipinski definition) is 8. The minimum absolute atomic E-state index is 0.0356. The molecule has 0 saturated carbocycles. The zero-order valence-electron chi connectivity index (χ0n) is 19.1. The van der Waals surface area contributed by atoms with Crippen LogP contribution in [0.2, 0.25) is 0 Å². The molecule has 0 N–H and O–H groups in total. The topological polar surface area (TPSA) is 107 Å². The van der Waals surface area contributed by atoms with Crippen molar-refractivity contribution >= 4 is 11.5 Å². The fourth-order valence-electron chi connectivity index (χ4n) is 4.42. The molecule has 9 nitrogen and oxygen atoms in total. The van der Waals surface area contributed by atoms with Crippen LogP contribution in [0.25, 0.3) is 5.57 Å². The third kappa shape index (κ3) is 4.47. The van der Waals surface area contributed by atoms with Crippen LogP contribution in [0.15, 0.2) is 24.3 Å². The van der Waals surface area contributed by atoms with Gasteiger partial charge in [-0.1, -0.05) is 12.1 Å². The van der Waals surface area contributed by atoms with Gasteiger partial charge in [-0.3, -0.25) is 4.79 Å². The molecule has 9 heteroatoms. The van der Waals surface area contributed by atoms with E-state index in [1.165, 1.54) is 0 Å². The molecule has 34 heavy (non-hydrogen) atoms. The number of morpholine rings is 1. The van der Waals surface area contributed by atoms with E-state index in [1.54, 1.807) is 18.1 Å². The van der Waals surface area contributed by atoms with Crippen molar-refractivity contribution in [1.82, 2.24) is 14.9 Å². The van der Waals surface area contributed by atoms with E-state index in [2.05, 4.69) is 11.1 Å². The Kier molecular flexibility index (Phi) is 6.43. The van der Waals surface area contributed by atoms with Gasteiger partial charge in [0.15, 0.2) is 0 Å². The largest absolute Gasteiger partial charge is 0.496 e. The first-order valence-electron chi connectivity index (χ1n) is 11.4. The standard InChI is InChI=1S/C25H26N4O5/c1-31-21-12-17(25(30)29-7-10-32-11-8-29)3-2-16(21)13-22-27-20-5-4-18(14-26)23(20)24(28-22)34-19-6-9-33-15-19/h2-4,12,19H,5-11,13,15H2,1H3/t19-/m1/s1. The van der Waals surface area contributed by atoms with Crippen LogP contribution in [-0.4, -0.2) is 73.5 Å². The van der Waals surface area contributed by atoms with Crippen molar-refractivity contribution in [2.45, 2.75) is 25.4 Å². The third-order valence-corrected chi connectivity index (χ3v) is 6.23. The molecule has 0 spiro atoms. The van der Waals surface area contributed by atoms with Crippen molar-refractivity contribution in [3.63, 3.8) is 0 Å². The van der Waals surface area contributed by atoms with Gasteiger partial charge in [0.2, 0.25) is 5.88 Å². The van der Waals surface area contributed by atoms with E-state index in [0.29, 0.717) is 86.5 Å². The number of nitrogens with zero attached hydrogens (tertiary/aromatic N) is 4. The minimum Gasteiger partial charge on any atom is -0.496 e. The number of methoxy groups -OCH3 is 1. The molecule has 1 atom stereocenters. The molecule has 5 rings (SSSR count). The van der Waals surface area contributed by atoms with Crippen molar-refractivity contribution in [2.75, 3.05) is 46.6 Å². The van der Waals surface area contributed by atoms with E-state index >= 15 is 0 Å². The highest BCUT2D eigenvalue weighted by molar-refractivity contribution is 5.94. The number of nitriles is 1. The van der Waals surface area contributed by atoms with Gasteiger partial charge in [0.25, 0.3) is 5.91 Å². The summed E-state index contributed by atoms with van der Waals surface area (Å²) in [5.41, 5.74) is 3.44. The molecule has 1 aromatic heterocycles. The molecule has 3 aliphatic rings. The monoisotopic (exact) mass is 462 g/mol. The predicted molar refractivity (Wildman–Crippen MR) is 122 cm³/mol. The second kappa shape index (κ2) is 9.79. The van der Waals surface area contributed by atoms with Crippen LogP contribution in [0.1, 0.15) is 39.4 Å². The summed E-state index contributed by atoms with van der Waals surface area (Å²) in [7, 11) is 1.59. The number of aromatic nitrogens is 2. The maximum absolute atomic E-state index is 12.9. The lowest BCUT2D eigenvalue weighted by molar-refractivity contribution is 0.0302. The van der Waals surface area contributed by atoms with E-state index in [0.717, 1.165) is 17.7 Å². The molecule has 1 aliphatic carbocycles. The van der Waals surface area contributed by atoms with Crippen molar-refractivity contribution in [1.29, 1.82) is 5.26 Å². The minimum atomic E-state index is -0.0904. The van der Waals surface area contributed by atoms with Gasteiger partial charge in [0, 0.05) is 43.5 Å². The Morgan fingerprint density at radius 3 is 2.82 bits per heavy atom. The average molecular weight is 463 g/mol. The van der Waals surface area contributed by atoms with Gasteiger partial charge >= 0.3 is 0 Å². The summed E-state index contributed by atoms with van der Waals surface area (Å²) in [6.45, 7) is 3.43. The van der Waals surface area contributed by atoms with Crippen LogP contribution in [0.4, 0.5) is 0 Å². The second-order valence-electron chi connectivity index (χ2n) is 8.41. The zero-order chi connectivity index (χ0) is 23.5. The maximum Gasteiger partial charge on any atom is 0.254 e. The lowest BCUT2D eigenvalue weighted by Crippen LogP contribution is -2.40. The van der Waals surface area contributed by atoms with Crippen LogP contribution in [0.3, 0.4) is 0 Å². The quantitative estimate of drug-likeness (QED) is 0.643. The summed E-state index contributed by atoms with van der Waals surface area (Å²) in [6, 6.07) is 7.68. The lowest BCUT2D eigenvalue weighted by atomic mass is 10.1. The zero-order valence-corrected chi connectivity index (χ0v) is 19.1.